The normalized spacial score (nSPS) is 12.0. The number of rotatable bonds is 7. The zero-order valence-corrected chi connectivity index (χ0v) is 16.5. The van der Waals surface area contributed by atoms with Gasteiger partial charge in [-0.3, -0.25) is 0 Å². The Labute approximate surface area is 162 Å². The van der Waals surface area contributed by atoms with Crippen molar-refractivity contribution < 1.29 is 9.47 Å². The van der Waals surface area contributed by atoms with Gasteiger partial charge in [-0.15, -0.1) is 11.3 Å². The molecule has 0 saturated heterocycles. The van der Waals surface area contributed by atoms with Crippen molar-refractivity contribution in [3.8, 4) is 22.8 Å². The highest BCUT2D eigenvalue weighted by Gasteiger charge is 2.15. The van der Waals surface area contributed by atoms with Crippen LogP contribution in [0.25, 0.3) is 11.3 Å². The zero-order valence-electron chi connectivity index (χ0n) is 15.0. The summed E-state index contributed by atoms with van der Waals surface area (Å²) in [4.78, 5) is 4.75. The van der Waals surface area contributed by atoms with Crippen molar-refractivity contribution in [3.63, 3.8) is 0 Å². The minimum absolute atomic E-state index is 0.113. The molecule has 0 aliphatic rings. The molecule has 2 aromatic carbocycles. The maximum atomic E-state index is 6.45. The maximum absolute atomic E-state index is 6.45. The first-order chi connectivity index (χ1) is 12.6. The van der Waals surface area contributed by atoms with E-state index < -0.39 is 0 Å². The van der Waals surface area contributed by atoms with Crippen LogP contribution >= 0.6 is 22.9 Å². The second-order valence-electron chi connectivity index (χ2n) is 5.81. The van der Waals surface area contributed by atoms with Gasteiger partial charge in [0.25, 0.3) is 0 Å². The van der Waals surface area contributed by atoms with E-state index in [0.717, 1.165) is 21.8 Å². The fourth-order valence-corrected chi connectivity index (χ4v) is 3.80. The number of halogens is 1. The predicted octanol–water partition coefficient (Wildman–Crippen LogP) is 5.33. The molecule has 3 rings (SSSR count). The van der Waals surface area contributed by atoms with Crippen LogP contribution in [0.4, 0.5) is 0 Å². The first-order valence-corrected chi connectivity index (χ1v) is 9.53. The number of thiazole rings is 1. The molecule has 0 radical (unpaired) electrons. The van der Waals surface area contributed by atoms with Crippen molar-refractivity contribution in [2.75, 3.05) is 14.2 Å². The second kappa shape index (κ2) is 8.54. The van der Waals surface area contributed by atoms with Gasteiger partial charge in [-0.25, -0.2) is 4.98 Å². The molecule has 1 heterocycles. The van der Waals surface area contributed by atoms with Crippen molar-refractivity contribution >= 4 is 22.9 Å². The van der Waals surface area contributed by atoms with Gasteiger partial charge in [0, 0.05) is 17.5 Å². The summed E-state index contributed by atoms with van der Waals surface area (Å²) in [6.07, 6.45) is 0. The van der Waals surface area contributed by atoms with E-state index in [1.165, 1.54) is 0 Å². The Morgan fingerprint density at radius 1 is 1.12 bits per heavy atom. The van der Waals surface area contributed by atoms with Crippen LogP contribution in [-0.4, -0.2) is 19.2 Å². The van der Waals surface area contributed by atoms with Gasteiger partial charge in [-0.1, -0.05) is 48.0 Å². The molecular formula is C20H21ClN2O2S. The summed E-state index contributed by atoms with van der Waals surface area (Å²) in [6.45, 7) is 2.71. The third-order valence-corrected chi connectivity index (χ3v) is 5.57. The van der Waals surface area contributed by atoms with E-state index in [-0.39, 0.29) is 6.04 Å². The summed E-state index contributed by atoms with van der Waals surface area (Å²) in [5, 5.41) is 7.17. The fraction of sp³-hybridized carbons (Fsp3) is 0.250. The van der Waals surface area contributed by atoms with Gasteiger partial charge in [0.1, 0.15) is 5.01 Å². The molecule has 1 N–H and O–H groups in total. The molecular weight excluding hydrogens is 368 g/mol. The number of aromatic nitrogens is 1. The predicted molar refractivity (Wildman–Crippen MR) is 107 cm³/mol. The van der Waals surface area contributed by atoms with Gasteiger partial charge in [0.2, 0.25) is 0 Å². The molecule has 1 unspecified atom stereocenters. The average molecular weight is 389 g/mol. The van der Waals surface area contributed by atoms with Crippen molar-refractivity contribution in [2.24, 2.45) is 0 Å². The largest absolute Gasteiger partial charge is 0.493 e. The number of ether oxygens (including phenoxy) is 2. The third kappa shape index (κ3) is 4.01. The fourth-order valence-electron chi connectivity index (χ4n) is 2.64. The molecule has 0 fully saturated rings. The number of nitrogens with zero attached hydrogens (tertiary/aromatic N) is 1. The monoisotopic (exact) mass is 388 g/mol. The summed E-state index contributed by atoms with van der Waals surface area (Å²) in [7, 11) is 3.19. The Balaban J connectivity index is 1.70. The molecule has 6 heteroatoms. The van der Waals surface area contributed by atoms with Crippen LogP contribution in [0.5, 0.6) is 11.5 Å². The van der Waals surface area contributed by atoms with Crippen LogP contribution in [0.1, 0.15) is 23.5 Å². The molecule has 1 atom stereocenters. The van der Waals surface area contributed by atoms with E-state index in [2.05, 4.69) is 29.8 Å². The minimum Gasteiger partial charge on any atom is -0.493 e. The topological polar surface area (TPSA) is 43.4 Å². The van der Waals surface area contributed by atoms with Crippen LogP contribution in [0.2, 0.25) is 5.02 Å². The SMILES string of the molecule is COc1ccc(CNC(C)c2nc(-c3ccccc3)cs2)c(Cl)c1OC. The molecule has 4 nitrogen and oxygen atoms in total. The Morgan fingerprint density at radius 3 is 2.58 bits per heavy atom. The summed E-state index contributed by atoms with van der Waals surface area (Å²) in [5.41, 5.74) is 3.09. The lowest BCUT2D eigenvalue weighted by atomic mass is 10.1. The van der Waals surface area contributed by atoms with E-state index >= 15 is 0 Å². The van der Waals surface area contributed by atoms with Crippen LogP contribution in [0.15, 0.2) is 47.8 Å². The molecule has 0 bridgehead atoms. The molecule has 0 saturated carbocycles. The van der Waals surface area contributed by atoms with Gasteiger partial charge in [-0.2, -0.15) is 0 Å². The summed E-state index contributed by atoms with van der Waals surface area (Å²) in [6, 6.07) is 14.1. The van der Waals surface area contributed by atoms with Crippen molar-refractivity contribution in [2.45, 2.75) is 19.5 Å². The number of nitrogens with one attached hydrogen (secondary N) is 1. The molecule has 0 amide bonds. The van der Waals surface area contributed by atoms with E-state index in [0.29, 0.717) is 23.1 Å². The Morgan fingerprint density at radius 2 is 1.88 bits per heavy atom. The lowest BCUT2D eigenvalue weighted by molar-refractivity contribution is 0.354. The quantitative estimate of drug-likeness (QED) is 0.594. The lowest BCUT2D eigenvalue weighted by Crippen LogP contribution is -2.18. The van der Waals surface area contributed by atoms with Gasteiger partial charge in [-0.05, 0) is 18.6 Å². The number of methoxy groups -OCH3 is 2. The molecule has 136 valence electrons. The second-order valence-corrected chi connectivity index (χ2v) is 7.08. The smallest absolute Gasteiger partial charge is 0.179 e. The zero-order chi connectivity index (χ0) is 18.5. The van der Waals surface area contributed by atoms with E-state index in [9.17, 15) is 0 Å². The van der Waals surface area contributed by atoms with Crippen molar-refractivity contribution in [3.05, 3.63) is 63.4 Å². The highest BCUT2D eigenvalue weighted by atomic mass is 35.5. The maximum Gasteiger partial charge on any atom is 0.179 e. The van der Waals surface area contributed by atoms with Gasteiger partial charge < -0.3 is 14.8 Å². The van der Waals surface area contributed by atoms with Gasteiger partial charge >= 0.3 is 0 Å². The van der Waals surface area contributed by atoms with Crippen molar-refractivity contribution in [1.82, 2.24) is 10.3 Å². The molecule has 0 aliphatic heterocycles. The Hall–Kier alpha value is -2.08. The van der Waals surface area contributed by atoms with Gasteiger partial charge in [0.15, 0.2) is 11.5 Å². The first-order valence-electron chi connectivity index (χ1n) is 8.27. The molecule has 1 aromatic heterocycles. The van der Waals surface area contributed by atoms with E-state index in [1.807, 2.05) is 30.3 Å². The number of hydrogen-bond donors (Lipinski definition) is 1. The summed E-state index contributed by atoms with van der Waals surface area (Å²) < 4.78 is 10.6. The summed E-state index contributed by atoms with van der Waals surface area (Å²) in [5.74, 6) is 1.18. The van der Waals surface area contributed by atoms with Crippen molar-refractivity contribution in [1.29, 1.82) is 0 Å². The van der Waals surface area contributed by atoms with E-state index in [1.54, 1.807) is 25.6 Å². The highest BCUT2D eigenvalue weighted by Crippen LogP contribution is 2.37. The Bertz CT molecular complexity index is 868. The van der Waals surface area contributed by atoms with Crippen LogP contribution in [0.3, 0.4) is 0 Å². The minimum atomic E-state index is 0.113. The van der Waals surface area contributed by atoms with Crippen LogP contribution in [0, 0.1) is 0 Å². The van der Waals surface area contributed by atoms with Crippen LogP contribution < -0.4 is 14.8 Å². The lowest BCUT2D eigenvalue weighted by Gasteiger charge is -2.15. The third-order valence-electron chi connectivity index (χ3n) is 4.13. The highest BCUT2D eigenvalue weighted by molar-refractivity contribution is 7.10. The Kier molecular flexibility index (Phi) is 6.14. The number of benzene rings is 2. The first kappa shape index (κ1) is 18.7. The number of hydrogen-bond acceptors (Lipinski definition) is 5. The average Bonchev–Trinajstić information content (AvgIpc) is 3.17. The van der Waals surface area contributed by atoms with Crippen LogP contribution in [-0.2, 0) is 6.54 Å². The molecule has 3 aromatic rings. The standard InChI is InChI=1S/C20H21ClN2O2S/c1-13(20-23-16(12-26-20)14-7-5-4-6-8-14)22-11-15-9-10-17(24-2)19(25-3)18(15)21/h4-10,12-13,22H,11H2,1-3H3. The van der Waals surface area contributed by atoms with E-state index in [4.69, 9.17) is 26.1 Å². The summed E-state index contributed by atoms with van der Waals surface area (Å²) >= 11 is 8.10. The molecule has 26 heavy (non-hydrogen) atoms. The van der Waals surface area contributed by atoms with Gasteiger partial charge in [0.05, 0.1) is 31.0 Å². The molecule has 0 aliphatic carbocycles. The molecule has 0 spiro atoms.